The maximum atomic E-state index is 12.1. The molecule has 0 aliphatic rings. The van der Waals surface area contributed by atoms with Crippen LogP contribution in [0.3, 0.4) is 0 Å². The van der Waals surface area contributed by atoms with Crippen molar-refractivity contribution in [3.63, 3.8) is 0 Å². The van der Waals surface area contributed by atoms with Gasteiger partial charge >= 0.3 is 0 Å². The van der Waals surface area contributed by atoms with Gasteiger partial charge in [-0.05, 0) is 18.2 Å². The number of carbonyl (C=O) groups excluding carboxylic acids is 1. The van der Waals surface area contributed by atoms with Gasteiger partial charge in [0, 0.05) is 17.3 Å². The number of ether oxygens (including phenoxy) is 1. The molecule has 0 aliphatic carbocycles. The monoisotopic (exact) mass is 310 g/mol. The van der Waals surface area contributed by atoms with Crippen LogP contribution >= 0.6 is 0 Å². The van der Waals surface area contributed by atoms with E-state index in [4.69, 9.17) is 10.00 Å². The third-order valence-corrected chi connectivity index (χ3v) is 3.45. The van der Waals surface area contributed by atoms with E-state index in [9.17, 15) is 4.79 Å². The highest BCUT2D eigenvalue weighted by Gasteiger charge is 2.13. The maximum absolute atomic E-state index is 12.1. The Labute approximate surface area is 136 Å². The van der Waals surface area contributed by atoms with Crippen LogP contribution in [0.15, 0.2) is 48.5 Å². The summed E-state index contributed by atoms with van der Waals surface area (Å²) in [5, 5.41) is 12.0. The molecule has 0 saturated heterocycles. The number of amides is 1. The molecule has 0 bridgehead atoms. The van der Waals surface area contributed by atoms with E-state index in [1.807, 2.05) is 43.4 Å². The molecule has 2 aromatic carbocycles. The number of benzene rings is 2. The van der Waals surface area contributed by atoms with Crippen LogP contribution in [0.25, 0.3) is 0 Å². The van der Waals surface area contributed by atoms with Crippen molar-refractivity contribution in [1.82, 2.24) is 0 Å². The molecule has 2 rings (SSSR count). The number of anilines is 1. The lowest BCUT2D eigenvalue weighted by atomic mass is 10.1. The van der Waals surface area contributed by atoms with Gasteiger partial charge in [0.15, 0.2) is 6.54 Å². The summed E-state index contributed by atoms with van der Waals surface area (Å²) in [7, 11) is 3.52. The summed E-state index contributed by atoms with van der Waals surface area (Å²) in [6, 6.07) is 16.9. The number of hydrogen-bond acceptors (Lipinski definition) is 3. The highest BCUT2D eigenvalue weighted by Crippen LogP contribution is 2.16. The summed E-state index contributed by atoms with van der Waals surface area (Å²) in [6.45, 7) is 0.937. The fraction of sp³-hybridized carbons (Fsp3) is 0.222. The van der Waals surface area contributed by atoms with Crippen LogP contribution in [-0.2, 0) is 11.3 Å². The van der Waals surface area contributed by atoms with E-state index in [0.29, 0.717) is 30.1 Å². The van der Waals surface area contributed by atoms with E-state index in [1.165, 1.54) is 0 Å². The molecule has 2 N–H and O–H groups in total. The molecule has 0 aliphatic heterocycles. The summed E-state index contributed by atoms with van der Waals surface area (Å²) in [4.78, 5) is 13.1. The molecule has 0 saturated carbocycles. The predicted molar refractivity (Wildman–Crippen MR) is 88.2 cm³/mol. The quantitative estimate of drug-likeness (QED) is 0.843. The minimum Gasteiger partial charge on any atom is -0.497 e. The van der Waals surface area contributed by atoms with Gasteiger partial charge in [0.05, 0.1) is 25.8 Å². The van der Waals surface area contributed by atoms with Crippen molar-refractivity contribution in [2.45, 2.75) is 6.54 Å². The van der Waals surface area contributed by atoms with Gasteiger partial charge in [-0.15, -0.1) is 0 Å². The van der Waals surface area contributed by atoms with Crippen molar-refractivity contribution in [1.29, 1.82) is 5.26 Å². The van der Waals surface area contributed by atoms with Crippen LogP contribution in [0.1, 0.15) is 11.1 Å². The van der Waals surface area contributed by atoms with Crippen LogP contribution in [0, 0.1) is 11.3 Å². The van der Waals surface area contributed by atoms with Gasteiger partial charge in [0.1, 0.15) is 12.3 Å². The van der Waals surface area contributed by atoms with Crippen LogP contribution < -0.4 is 15.0 Å². The van der Waals surface area contributed by atoms with E-state index < -0.39 is 0 Å². The van der Waals surface area contributed by atoms with Gasteiger partial charge in [-0.3, -0.25) is 4.79 Å². The Bertz CT molecular complexity index is 722. The second kappa shape index (κ2) is 7.97. The Balaban J connectivity index is 1.93. The number of likely N-dealkylation sites (N-methyl/N-ethyl adjacent to an activating group) is 1. The molecule has 0 spiro atoms. The van der Waals surface area contributed by atoms with E-state index in [1.54, 1.807) is 19.2 Å². The predicted octanol–water partition coefficient (Wildman–Crippen LogP) is 1.22. The maximum Gasteiger partial charge on any atom is 0.279 e. The highest BCUT2D eigenvalue weighted by molar-refractivity contribution is 5.91. The fourth-order valence-corrected chi connectivity index (χ4v) is 2.35. The first kappa shape index (κ1) is 16.5. The van der Waals surface area contributed by atoms with Crippen molar-refractivity contribution in [2.24, 2.45) is 0 Å². The number of nitrogens with one attached hydrogen (secondary N) is 2. The summed E-state index contributed by atoms with van der Waals surface area (Å²) in [6.07, 6.45) is 0. The molecule has 0 radical (unpaired) electrons. The van der Waals surface area contributed by atoms with Gasteiger partial charge in [0.2, 0.25) is 0 Å². The van der Waals surface area contributed by atoms with Gasteiger partial charge < -0.3 is 15.0 Å². The SMILES string of the molecule is COc1cccc(NC(=O)C[NH+](C)Cc2ccccc2C#N)c1. The number of carbonyl (C=O) groups is 1. The Morgan fingerprint density at radius 1 is 1.26 bits per heavy atom. The molecular formula is C18H20N3O2+. The Kier molecular flexibility index (Phi) is 5.73. The highest BCUT2D eigenvalue weighted by atomic mass is 16.5. The van der Waals surface area contributed by atoms with Crippen LogP contribution in [0.2, 0.25) is 0 Å². The molecule has 5 heteroatoms. The molecule has 1 amide bonds. The van der Waals surface area contributed by atoms with Gasteiger partial charge in [-0.2, -0.15) is 5.26 Å². The lowest BCUT2D eigenvalue weighted by Crippen LogP contribution is -3.08. The van der Waals surface area contributed by atoms with E-state index in [2.05, 4.69) is 11.4 Å². The van der Waals surface area contributed by atoms with Crippen LogP contribution in [0.5, 0.6) is 5.75 Å². The molecule has 0 heterocycles. The first-order valence-corrected chi connectivity index (χ1v) is 7.35. The normalized spacial score (nSPS) is 11.3. The smallest absolute Gasteiger partial charge is 0.279 e. The van der Waals surface area contributed by atoms with Crippen molar-refractivity contribution >= 4 is 11.6 Å². The molecule has 23 heavy (non-hydrogen) atoms. The van der Waals surface area contributed by atoms with Crippen molar-refractivity contribution < 1.29 is 14.4 Å². The topological polar surface area (TPSA) is 66.6 Å². The zero-order valence-electron chi connectivity index (χ0n) is 13.3. The molecule has 0 aromatic heterocycles. The molecular weight excluding hydrogens is 290 g/mol. The Morgan fingerprint density at radius 3 is 2.78 bits per heavy atom. The second-order valence-corrected chi connectivity index (χ2v) is 5.36. The Hall–Kier alpha value is -2.84. The minimum absolute atomic E-state index is 0.0785. The van der Waals surface area contributed by atoms with Crippen LogP contribution in [0.4, 0.5) is 5.69 Å². The minimum atomic E-state index is -0.0785. The molecule has 118 valence electrons. The van der Waals surface area contributed by atoms with Crippen LogP contribution in [-0.4, -0.2) is 26.6 Å². The number of quaternary nitrogens is 1. The molecule has 5 nitrogen and oxygen atoms in total. The molecule has 2 aromatic rings. The average Bonchev–Trinajstić information content (AvgIpc) is 2.55. The summed E-state index contributed by atoms with van der Waals surface area (Å²) < 4.78 is 5.13. The summed E-state index contributed by atoms with van der Waals surface area (Å²) >= 11 is 0. The van der Waals surface area contributed by atoms with Crippen molar-refractivity contribution in [3.8, 4) is 11.8 Å². The number of nitriles is 1. The zero-order chi connectivity index (χ0) is 16.7. The largest absolute Gasteiger partial charge is 0.497 e. The summed E-state index contributed by atoms with van der Waals surface area (Å²) in [5.74, 6) is 0.622. The van der Waals surface area contributed by atoms with Gasteiger partial charge in [-0.25, -0.2) is 0 Å². The molecule has 1 atom stereocenters. The molecule has 0 fully saturated rings. The number of nitrogens with zero attached hydrogens (tertiary/aromatic N) is 1. The number of methoxy groups -OCH3 is 1. The molecule has 1 unspecified atom stereocenters. The first-order valence-electron chi connectivity index (χ1n) is 7.35. The Morgan fingerprint density at radius 2 is 2.04 bits per heavy atom. The van der Waals surface area contributed by atoms with E-state index in [0.717, 1.165) is 10.5 Å². The zero-order valence-corrected chi connectivity index (χ0v) is 13.3. The number of hydrogen-bond donors (Lipinski definition) is 2. The fourth-order valence-electron chi connectivity index (χ4n) is 2.35. The van der Waals surface area contributed by atoms with Crippen molar-refractivity contribution in [2.75, 3.05) is 26.0 Å². The van der Waals surface area contributed by atoms with Gasteiger partial charge in [-0.1, -0.05) is 24.3 Å². The van der Waals surface area contributed by atoms with Crippen molar-refractivity contribution in [3.05, 3.63) is 59.7 Å². The average molecular weight is 310 g/mol. The number of rotatable bonds is 6. The standard InChI is InChI=1S/C18H19N3O2/c1-21(12-15-7-4-3-6-14(15)11-19)13-18(22)20-16-8-5-9-17(10-16)23-2/h3-10H,12-13H2,1-2H3,(H,20,22)/p+1. The van der Waals surface area contributed by atoms with E-state index >= 15 is 0 Å². The third kappa shape index (κ3) is 4.83. The van der Waals surface area contributed by atoms with Gasteiger partial charge in [0.25, 0.3) is 5.91 Å². The first-order chi connectivity index (χ1) is 11.1. The third-order valence-electron chi connectivity index (χ3n) is 3.45. The lowest BCUT2D eigenvalue weighted by Gasteiger charge is -2.15. The van der Waals surface area contributed by atoms with E-state index in [-0.39, 0.29) is 5.91 Å². The second-order valence-electron chi connectivity index (χ2n) is 5.36. The lowest BCUT2D eigenvalue weighted by molar-refractivity contribution is -0.885. The summed E-state index contributed by atoms with van der Waals surface area (Å²) in [5.41, 5.74) is 2.31.